The van der Waals surface area contributed by atoms with Gasteiger partial charge in [0.2, 0.25) is 0 Å². The predicted molar refractivity (Wildman–Crippen MR) is 70.7 cm³/mol. The molecule has 0 N–H and O–H groups in total. The average Bonchev–Trinajstić information content (AvgIpc) is 2.67. The topological polar surface area (TPSA) is 30.0 Å². The van der Waals surface area contributed by atoms with Crippen molar-refractivity contribution in [3.8, 4) is 0 Å². The smallest absolute Gasteiger partial charge is 0.144 e. The summed E-state index contributed by atoms with van der Waals surface area (Å²) in [5.41, 5.74) is 1.85. The van der Waals surface area contributed by atoms with Crippen LogP contribution in [0.5, 0.6) is 0 Å². The lowest BCUT2D eigenvalue weighted by Gasteiger charge is -2.02. The van der Waals surface area contributed by atoms with Gasteiger partial charge in [-0.1, -0.05) is 29.8 Å². The van der Waals surface area contributed by atoms with E-state index in [9.17, 15) is 4.79 Å². The molecule has 0 unspecified atom stereocenters. The number of thiazole rings is 1. The summed E-state index contributed by atoms with van der Waals surface area (Å²) in [6, 6.07) is 7.44. The number of Topliss-reactive ketones (excluding diaryl/α,β-unsaturated/α-hetero) is 1. The van der Waals surface area contributed by atoms with Gasteiger partial charge in [0, 0.05) is 22.5 Å². The first-order chi connectivity index (χ1) is 8.15. The molecule has 0 aliphatic heterocycles. The van der Waals surface area contributed by atoms with Crippen LogP contribution in [0.4, 0.5) is 0 Å². The molecule has 0 spiro atoms. The van der Waals surface area contributed by atoms with Crippen molar-refractivity contribution in [1.82, 2.24) is 4.98 Å². The molecule has 0 aliphatic rings. The maximum atomic E-state index is 11.9. The molecule has 0 fully saturated rings. The Balaban J connectivity index is 2.01. The van der Waals surface area contributed by atoms with E-state index in [1.165, 1.54) is 11.3 Å². The van der Waals surface area contributed by atoms with Crippen LogP contribution >= 0.6 is 22.9 Å². The summed E-state index contributed by atoms with van der Waals surface area (Å²) >= 11 is 7.54. The van der Waals surface area contributed by atoms with Crippen molar-refractivity contribution in [2.75, 3.05) is 0 Å². The van der Waals surface area contributed by atoms with E-state index in [2.05, 4.69) is 4.98 Å². The van der Waals surface area contributed by atoms with Gasteiger partial charge in [-0.3, -0.25) is 4.79 Å². The molecule has 2 rings (SSSR count). The zero-order valence-electron chi connectivity index (χ0n) is 9.44. The Bertz CT molecular complexity index is 536. The first-order valence-electron chi connectivity index (χ1n) is 5.31. The van der Waals surface area contributed by atoms with E-state index >= 15 is 0 Å². The summed E-state index contributed by atoms with van der Waals surface area (Å²) in [5, 5.41) is 3.48. The molecule has 0 radical (unpaired) electrons. The fraction of sp³-hybridized carbons (Fsp3) is 0.231. The molecule has 4 heteroatoms. The summed E-state index contributed by atoms with van der Waals surface area (Å²) in [5.74, 6) is 0.146. The highest BCUT2D eigenvalue weighted by Gasteiger charge is 2.09. The minimum Gasteiger partial charge on any atom is -0.299 e. The quantitative estimate of drug-likeness (QED) is 0.847. The molecule has 0 saturated heterocycles. The summed E-state index contributed by atoms with van der Waals surface area (Å²) in [6.45, 7) is 1.93. The fourth-order valence-electron chi connectivity index (χ4n) is 1.57. The molecule has 17 heavy (non-hydrogen) atoms. The molecular formula is C13H12ClNOS. The Kier molecular flexibility index (Phi) is 3.92. The Morgan fingerprint density at radius 3 is 2.76 bits per heavy atom. The number of aromatic nitrogens is 1. The van der Waals surface area contributed by atoms with Gasteiger partial charge in [-0.2, -0.15) is 0 Å². The van der Waals surface area contributed by atoms with Crippen LogP contribution in [-0.4, -0.2) is 10.8 Å². The number of hydrogen-bond donors (Lipinski definition) is 0. The van der Waals surface area contributed by atoms with Gasteiger partial charge >= 0.3 is 0 Å². The summed E-state index contributed by atoms with van der Waals surface area (Å²) < 4.78 is 0. The molecule has 0 amide bonds. The molecule has 1 heterocycles. The van der Waals surface area contributed by atoms with Crippen molar-refractivity contribution in [2.45, 2.75) is 19.8 Å². The second kappa shape index (κ2) is 5.43. The molecule has 0 aliphatic carbocycles. The molecule has 88 valence electrons. The third-order valence-electron chi connectivity index (χ3n) is 2.36. The molecule has 2 nitrogen and oxygen atoms in total. The second-order valence-electron chi connectivity index (χ2n) is 3.87. The highest BCUT2D eigenvalue weighted by atomic mass is 35.5. The number of rotatable bonds is 4. The van der Waals surface area contributed by atoms with Gasteiger partial charge in [-0.15, -0.1) is 11.3 Å². The van der Waals surface area contributed by atoms with Crippen LogP contribution in [0.2, 0.25) is 5.02 Å². The molecule has 1 aromatic heterocycles. The average molecular weight is 266 g/mol. The standard InChI is InChI=1S/C13H12ClNOS/c1-9-8-17-13(15-9)7-11(16)6-10-4-2-3-5-12(10)14/h2-5,8H,6-7H2,1H3. The number of hydrogen-bond acceptors (Lipinski definition) is 3. The van der Waals surface area contributed by atoms with Crippen LogP contribution < -0.4 is 0 Å². The summed E-state index contributed by atoms with van der Waals surface area (Å²) in [7, 11) is 0. The van der Waals surface area contributed by atoms with Gasteiger partial charge in [0.15, 0.2) is 0 Å². The first-order valence-corrected chi connectivity index (χ1v) is 6.57. The molecular weight excluding hydrogens is 254 g/mol. The molecule has 0 bridgehead atoms. The highest BCUT2D eigenvalue weighted by molar-refractivity contribution is 7.09. The largest absolute Gasteiger partial charge is 0.299 e. The van der Waals surface area contributed by atoms with E-state index in [4.69, 9.17) is 11.6 Å². The maximum Gasteiger partial charge on any atom is 0.144 e. The van der Waals surface area contributed by atoms with Crippen molar-refractivity contribution < 1.29 is 4.79 Å². The second-order valence-corrected chi connectivity index (χ2v) is 5.22. The van der Waals surface area contributed by atoms with E-state index in [1.807, 2.05) is 30.5 Å². The minimum absolute atomic E-state index is 0.146. The Morgan fingerprint density at radius 2 is 2.12 bits per heavy atom. The van der Waals surface area contributed by atoms with E-state index in [1.54, 1.807) is 6.07 Å². The Labute approximate surface area is 109 Å². The van der Waals surface area contributed by atoms with Gasteiger partial charge in [-0.25, -0.2) is 4.98 Å². The number of carbonyl (C=O) groups excluding carboxylic acids is 1. The van der Waals surface area contributed by atoms with Crippen LogP contribution in [0.3, 0.4) is 0 Å². The van der Waals surface area contributed by atoms with Crippen molar-refractivity contribution in [2.24, 2.45) is 0 Å². The summed E-state index contributed by atoms with van der Waals surface area (Å²) in [6.07, 6.45) is 0.766. The zero-order chi connectivity index (χ0) is 12.3. The Morgan fingerprint density at radius 1 is 1.35 bits per heavy atom. The summed E-state index contributed by atoms with van der Waals surface area (Å²) in [4.78, 5) is 16.1. The first kappa shape index (κ1) is 12.3. The number of nitrogens with zero attached hydrogens (tertiary/aromatic N) is 1. The van der Waals surface area contributed by atoms with Crippen LogP contribution in [0, 0.1) is 6.92 Å². The lowest BCUT2D eigenvalue weighted by Crippen LogP contribution is -2.06. The lowest BCUT2D eigenvalue weighted by atomic mass is 10.1. The van der Waals surface area contributed by atoms with E-state index < -0.39 is 0 Å². The van der Waals surface area contributed by atoms with Crippen molar-refractivity contribution >= 4 is 28.7 Å². The monoisotopic (exact) mass is 265 g/mol. The van der Waals surface area contributed by atoms with Gasteiger partial charge in [-0.05, 0) is 18.6 Å². The fourth-order valence-corrected chi connectivity index (χ4v) is 2.57. The molecule has 0 saturated carbocycles. The van der Waals surface area contributed by atoms with Crippen LogP contribution in [0.15, 0.2) is 29.6 Å². The number of aryl methyl sites for hydroxylation is 1. The normalized spacial score (nSPS) is 10.5. The van der Waals surface area contributed by atoms with Crippen molar-refractivity contribution in [1.29, 1.82) is 0 Å². The van der Waals surface area contributed by atoms with Crippen LogP contribution in [-0.2, 0) is 17.6 Å². The Hall–Kier alpha value is -1.19. The number of benzene rings is 1. The van der Waals surface area contributed by atoms with Crippen molar-refractivity contribution in [3.05, 3.63) is 50.9 Å². The van der Waals surface area contributed by atoms with Gasteiger partial charge in [0.05, 0.1) is 6.42 Å². The maximum absolute atomic E-state index is 11.9. The third kappa shape index (κ3) is 3.38. The van der Waals surface area contributed by atoms with E-state index in [-0.39, 0.29) is 5.78 Å². The highest BCUT2D eigenvalue weighted by Crippen LogP contribution is 2.17. The predicted octanol–water partition coefficient (Wildman–Crippen LogP) is 3.46. The zero-order valence-corrected chi connectivity index (χ0v) is 11.0. The number of ketones is 1. The van der Waals surface area contributed by atoms with Crippen LogP contribution in [0.25, 0.3) is 0 Å². The van der Waals surface area contributed by atoms with Gasteiger partial charge < -0.3 is 0 Å². The number of halogens is 1. The van der Waals surface area contributed by atoms with E-state index in [0.29, 0.717) is 17.9 Å². The van der Waals surface area contributed by atoms with Crippen LogP contribution in [0.1, 0.15) is 16.3 Å². The van der Waals surface area contributed by atoms with Gasteiger partial charge in [0.25, 0.3) is 0 Å². The van der Waals surface area contributed by atoms with Gasteiger partial charge in [0.1, 0.15) is 10.8 Å². The minimum atomic E-state index is 0.146. The molecule has 0 atom stereocenters. The SMILES string of the molecule is Cc1csc(CC(=O)Cc2ccccc2Cl)n1. The lowest BCUT2D eigenvalue weighted by molar-refractivity contribution is -0.117. The van der Waals surface area contributed by atoms with E-state index in [0.717, 1.165) is 16.3 Å². The molecule has 2 aromatic rings. The number of carbonyl (C=O) groups is 1. The third-order valence-corrected chi connectivity index (χ3v) is 3.70. The molecule has 1 aromatic carbocycles. The van der Waals surface area contributed by atoms with Crippen molar-refractivity contribution in [3.63, 3.8) is 0 Å².